The summed E-state index contributed by atoms with van der Waals surface area (Å²) in [6.07, 6.45) is 3.49. The molecule has 116 valence electrons. The fraction of sp³-hybridized carbons (Fsp3) is 0.562. The van der Waals surface area contributed by atoms with Gasteiger partial charge in [-0.25, -0.2) is 4.79 Å². The van der Waals surface area contributed by atoms with Crippen LogP contribution in [0.2, 0.25) is 5.02 Å². The quantitative estimate of drug-likeness (QED) is 0.725. The molecule has 21 heavy (non-hydrogen) atoms. The molecule has 0 saturated heterocycles. The van der Waals surface area contributed by atoms with Gasteiger partial charge in [0.1, 0.15) is 0 Å². The highest BCUT2D eigenvalue weighted by Gasteiger charge is 2.45. The molecular formula is C16H23ClN2O2. The first kappa shape index (κ1) is 16.1. The molecule has 4 nitrogen and oxygen atoms in total. The van der Waals surface area contributed by atoms with E-state index < -0.39 is 0 Å². The number of halogens is 1. The maximum atomic E-state index is 11.9. The van der Waals surface area contributed by atoms with Crippen molar-refractivity contribution in [1.29, 1.82) is 0 Å². The second kappa shape index (κ2) is 7.14. The van der Waals surface area contributed by atoms with Crippen molar-refractivity contribution in [3.05, 3.63) is 34.9 Å². The van der Waals surface area contributed by atoms with Gasteiger partial charge >= 0.3 is 6.03 Å². The standard InChI is InChI=1S/C16H23ClN2O2/c1-2-12(7-10-20)19-15(21)18-11-16(8-9-16)13-5-3-4-6-14(13)17/h3-6,12,20H,2,7-11H2,1H3,(H2,18,19,21). The smallest absolute Gasteiger partial charge is 0.315 e. The Balaban J connectivity index is 1.88. The summed E-state index contributed by atoms with van der Waals surface area (Å²) < 4.78 is 0. The predicted molar refractivity (Wildman–Crippen MR) is 84.7 cm³/mol. The first-order valence-electron chi connectivity index (χ1n) is 7.51. The number of nitrogens with one attached hydrogen (secondary N) is 2. The lowest BCUT2D eigenvalue weighted by Gasteiger charge is -2.20. The summed E-state index contributed by atoms with van der Waals surface area (Å²) in [5.41, 5.74) is 1.11. The highest BCUT2D eigenvalue weighted by molar-refractivity contribution is 6.31. The van der Waals surface area contributed by atoms with Crippen LogP contribution in [0.15, 0.2) is 24.3 Å². The second-order valence-corrected chi connectivity index (χ2v) is 6.11. The molecule has 1 aromatic rings. The summed E-state index contributed by atoms with van der Waals surface area (Å²) >= 11 is 6.26. The maximum absolute atomic E-state index is 11.9. The van der Waals surface area contributed by atoms with Gasteiger partial charge in [-0.2, -0.15) is 0 Å². The van der Waals surface area contributed by atoms with Crippen molar-refractivity contribution in [2.75, 3.05) is 13.2 Å². The zero-order chi connectivity index (χ0) is 15.3. The molecule has 3 N–H and O–H groups in total. The molecule has 0 spiro atoms. The van der Waals surface area contributed by atoms with Gasteiger partial charge in [0.15, 0.2) is 0 Å². The number of urea groups is 1. The number of carbonyl (C=O) groups is 1. The van der Waals surface area contributed by atoms with Crippen LogP contribution in [0.25, 0.3) is 0 Å². The van der Waals surface area contributed by atoms with Crippen LogP contribution in [0.4, 0.5) is 4.79 Å². The van der Waals surface area contributed by atoms with Gasteiger partial charge in [-0.1, -0.05) is 36.7 Å². The normalized spacial score (nSPS) is 17.1. The highest BCUT2D eigenvalue weighted by Crippen LogP contribution is 2.49. The van der Waals surface area contributed by atoms with Gasteiger partial charge in [0.05, 0.1) is 0 Å². The molecule has 1 aliphatic carbocycles. The Morgan fingerprint density at radius 2 is 2.14 bits per heavy atom. The molecule has 1 aromatic carbocycles. The van der Waals surface area contributed by atoms with Crippen molar-refractivity contribution in [2.24, 2.45) is 0 Å². The van der Waals surface area contributed by atoms with Crippen molar-refractivity contribution < 1.29 is 9.90 Å². The number of aliphatic hydroxyl groups excluding tert-OH is 1. The number of hydrogen-bond acceptors (Lipinski definition) is 2. The van der Waals surface area contributed by atoms with Crippen LogP contribution >= 0.6 is 11.6 Å². The lowest BCUT2D eigenvalue weighted by Crippen LogP contribution is -2.44. The predicted octanol–water partition coefficient (Wildman–Crippen LogP) is 2.83. The van der Waals surface area contributed by atoms with Gasteiger partial charge in [-0.3, -0.25) is 0 Å². The van der Waals surface area contributed by atoms with Crippen LogP contribution in [0.3, 0.4) is 0 Å². The molecule has 1 fully saturated rings. The second-order valence-electron chi connectivity index (χ2n) is 5.70. The monoisotopic (exact) mass is 310 g/mol. The third-order valence-electron chi connectivity index (χ3n) is 4.19. The Labute approximate surface area is 130 Å². The first-order chi connectivity index (χ1) is 10.1. The largest absolute Gasteiger partial charge is 0.396 e. The van der Waals surface area contributed by atoms with Crippen LogP contribution in [0.5, 0.6) is 0 Å². The van der Waals surface area contributed by atoms with Crippen LogP contribution < -0.4 is 10.6 Å². The number of carbonyl (C=O) groups excluding carboxylic acids is 1. The molecular weight excluding hydrogens is 288 g/mol. The van der Waals surface area contributed by atoms with Crippen LogP contribution in [-0.2, 0) is 5.41 Å². The van der Waals surface area contributed by atoms with E-state index in [9.17, 15) is 4.79 Å². The number of amides is 2. The fourth-order valence-corrected chi connectivity index (χ4v) is 2.94. The summed E-state index contributed by atoms with van der Waals surface area (Å²) in [7, 11) is 0. The molecule has 0 aliphatic heterocycles. The van der Waals surface area contributed by atoms with E-state index in [1.807, 2.05) is 31.2 Å². The molecule has 1 unspecified atom stereocenters. The zero-order valence-electron chi connectivity index (χ0n) is 12.4. The van der Waals surface area contributed by atoms with E-state index >= 15 is 0 Å². The molecule has 0 bridgehead atoms. The number of benzene rings is 1. The Kier molecular flexibility index (Phi) is 5.48. The lowest BCUT2D eigenvalue weighted by molar-refractivity contribution is 0.227. The van der Waals surface area contributed by atoms with Crippen LogP contribution in [0, 0.1) is 0 Å². The van der Waals surface area contributed by atoms with Gasteiger partial charge < -0.3 is 15.7 Å². The molecule has 0 aromatic heterocycles. The minimum Gasteiger partial charge on any atom is -0.396 e. The third kappa shape index (κ3) is 4.11. The van der Waals surface area contributed by atoms with E-state index in [1.165, 1.54) is 0 Å². The van der Waals surface area contributed by atoms with E-state index in [4.69, 9.17) is 16.7 Å². The van der Waals surface area contributed by atoms with Crippen molar-refractivity contribution >= 4 is 17.6 Å². The molecule has 1 aliphatic rings. The van der Waals surface area contributed by atoms with Gasteiger partial charge in [-0.15, -0.1) is 0 Å². The minimum absolute atomic E-state index is 0.00558. The van der Waals surface area contributed by atoms with E-state index in [-0.39, 0.29) is 24.1 Å². The van der Waals surface area contributed by atoms with Crippen molar-refractivity contribution in [3.8, 4) is 0 Å². The van der Waals surface area contributed by atoms with E-state index in [2.05, 4.69) is 10.6 Å². The molecule has 1 saturated carbocycles. The van der Waals surface area contributed by atoms with Gasteiger partial charge in [0, 0.05) is 29.6 Å². The van der Waals surface area contributed by atoms with E-state index in [0.717, 1.165) is 29.8 Å². The van der Waals surface area contributed by atoms with E-state index in [1.54, 1.807) is 0 Å². The van der Waals surface area contributed by atoms with Gasteiger partial charge in [0.2, 0.25) is 0 Å². The number of rotatable bonds is 7. The summed E-state index contributed by atoms with van der Waals surface area (Å²) in [6, 6.07) is 7.68. The average Bonchev–Trinajstić information content (AvgIpc) is 3.26. The topological polar surface area (TPSA) is 61.4 Å². The zero-order valence-corrected chi connectivity index (χ0v) is 13.1. The van der Waals surface area contributed by atoms with Crippen molar-refractivity contribution in [3.63, 3.8) is 0 Å². The highest BCUT2D eigenvalue weighted by atomic mass is 35.5. The van der Waals surface area contributed by atoms with Crippen molar-refractivity contribution in [2.45, 2.75) is 44.1 Å². The molecule has 0 heterocycles. The Bertz CT molecular complexity index is 489. The summed E-state index contributed by atoms with van der Waals surface area (Å²) in [5.74, 6) is 0. The van der Waals surface area contributed by atoms with Crippen LogP contribution in [-0.4, -0.2) is 30.3 Å². The minimum atomic E-state index is -0.173. The molecule has 5 heteroatoms. The third-order valence-corrected chi connectivity index (χ3v) is 4.52. The summed E-state index contributed by atoms with van der Waals surface area (Å²) in [4.78, 5) is 11.9. The lowest BCUT2D eigenvalue weighted by atomic mass is 9.96. The number of aliphatic hydroxyl groups is 1. The first-order valence-corrected chi connectivity index (χ1v) is 7.89. The SMILES string of the molecule is CCC(CCO)NC(=O)NCC1(c2ccccc2Cl)CC1. The molecule has 2 amide bonds. The molecule has 1 atom stereocenters. The van der Waals surface area contributed by atoms with Gasteiger partial charge in [0.25, 0.3) is 0 Å². The summed E-state index contributed by atoms with van der Waals surface area (Å²) in [5, 5.41) is 15.5. The Morgan fingerprint density at radius 1 is 1.43 bits per heavy atom. The average molecular weight is 311 g/mol. The number of hydrogen-bond donors (Lipinski definition) is 3. The Morgan fingerprint density at radius 3 is 2.71 bits per heavy atom. The Hall–Kier alpha value is -1.26. The summed E-state index contributed by atoms with van der Waals surface area (Å²) in [6.45, 7) is 2.67. The molecule has 0 radical (unpaired) electrons. The molecule has 2 rings (SSSR count). The van der Waals surface area contributed by atoms with Crippen molar-refractivity contribution in [1.82, 2.24) is 10.6 Å². The van der Waals surface area contributed by atoms with Crippen LogP contribution in [0.1, 0.15) is 38.2 Å². The van der Waals surface area contributed by atoms with E-state index in [0.29, 0.717) is 13.0 Å². The fourth-order valence-electron chi connectivity index (χ4n) is 2.60. The van der Waals surface area contributed by atoms with Gasteiger partial charge in [-0.05, 0) is 37.3 Å². The maximum Gasteiger partial charge on any atom is 0.315 e.